The Morgan fingerprint density at radius 1 is 1.30 bits per heavy atom. The molecule has 20 heavy (non-hydrogen) atoms. The zero-order valence-electron chi connectivity index (χ0n) is 12.1. The molecule has 0 saturated carbocycles. The number of methoxy groups -OCH3 is 1. The molecule has 4 heteroatoms. The Morgan fingerprint density at radius 3 is 2.85 bits per heavy atom. The van der Waals surface area contributed by atoms with Crippen LogP contribution in [0.5, 0.6) is 0 Å². The van der Waals surface area contributed by atoms with E-state index in [1.54, 1.807) is 13.2 Å². The van der Waals surface area contributed by atoms with E-state index in [1.165, 1.54) is 0 Å². The van der Waals surface area contributed by atoms with Gasteiger partial charge in [-0.3, -0.25) is 4.79 Å². The smallest absolute Gasteiger partial charge is 0.189 e. The summed E-state index contributed by atoms with van der Waals surface area (Å²) in [6.07, 6.45) is 2.95. The van der Waals surface area contributed by atoms with Gasteiger partial charge in [0, 0.05) is 37.3 Å². The number of aromatic nitrogens is 1. The van der Waals surface area contributed by atoms with E-state index in [0.29, 0.717) is 6.61 Å². The normalized spacial score (nSPS) is 12.7. The molecule has 0 aliphatic rings. The molecule has 0 bridgehead atoms. The van der Waals surface area contributed by atoms with E-state index in [-0.39, 0.29) is 11.5 Å². The highest BCUT2D eigenvalue weighted by atomic mass is 16.5. The van der Waals surface area contributed by atoms with E-state index in [1.807, 2.05) is 30.5 Å². The van der Waals surface area contributed by atoms with Crippen molar-refractivity contribution in [3.8, 4) is 0 Å². The summed E-state index contributed by atoms with van der Waals surface area (Å²) in [4.78, 5) is 11.9. The highest BCUT2D eigenvalue weighted by molar-refractivity contribution is 5.78. The number of hydrogen-bond acceptors (Lipinski definition) is 3. The van der Waals surface area contributed by atoms with Crippen LogP contribution < -0.4 is 10.7 Å². The molecule has 0 saturated heterocycles. The van der Waals surface area contributed by atoms with Gasteiger partial charge in [-0.1, -0.05) is 19.1 Å². The average molecular weight is 274 g/mol. The van der Waals surface area contributed by atoms with Crippen LogP contribution in [0.1, 0.15) is 13.3 Å². The molecule has 0 amide bonds. The van der Waals surface area contributed by atoms with Crippen LogP contribution in [0.4, 0.5) is 0 Å². The van der Waals surface area contributed by atoms with Crippen LogP contribution in [0.15, 0.2) is 41.3 Å². The maximum atomic E-state index is 11.9. The zero-order valence-corrected chi connectivity index (χ0v) is 12.1. The Balaban J connectivity index is 2.27. The van der Waals surface area contributed by atoms with Gasteiger partial charge in [0.05, 0.1) is 12.1 Å². The molecule has 0 spiro atoms. The van der Waals surface area contributed by atoms with Crippen LogP contribution in [0, 0.1) is 0 Å². The van der Waals surface area contributed by atoms with Gasteiger partial charge in [0.25, 0.3) is 0 Å². The molecule has 0 aliphatic carbocycles. The fraction of sp³-hybridized carbons (Fsp3) is 0.438. The third kappa shape index (κ3) is 3.46. The molecule has 4 nitrogen and oxygen atoms in total. The van der Waals surface area contributed by atoms with Gasteiger partial charge in [-0.15, -0.1) is 0 Å². The third-order valence-corrected chi connectivity index (χ3v) is 3.35. The Labute approximate surface area is 119 Å². The van der Waals surface area contributed by atoms with Gasteiger partial charge in [0.15, 0.2) is 5.43 Å². The number of nitrogens with zero attached hydrogens (tertiary/aromatic N) is 1. The molecule has 0 fully saturated rings. The summed E-state index contributed by atoms with van der Waals surface area (Å²) in [5.41, 5.74) is 1.04. The highest BCUT2D eigenvalue weighted by Gasteiger charge is 2.10. The van der Waals surface area contributed by atoms with Crippen molar-refractivity contribution in [1.82, 2.24) is 9.88 Å². The van der Waals surface area contributed by atoms with E-state index in [9.17, 15) is 4.79 Å². The average Bonchev–Trinajstić information content (AvgIpc) is 2.48. The molecule has 2 aromatic rings. The second-order valence-electron chi connectivity index (χ2n) is 4.96. The second-order valence-corrected chi connectivity index (χ2v) is 4.96. The fourth-order valence-corrected chi connectivity index (χ4v) is 2.38. The fourth-order valence-electron chi connectivity index (χ4n) is 2.38. The van der Waals surface area contributed by atoms with Crippen molar-refractivity contribution in [3.05, 3.63) is 46.8 Å². The van der Waals surface area contributed by atoms with Crippen molar-refractivity contribution < 1.29 is 4.74 Å². The van der Waals surface area contributed by atoms with Crippen LogP contribution >= 0.6 is 0 Å². The Bertz CT molecular complexity index is 607. The summed E-state index contributed by atoms with van der Waals surface area (Å²) in [5.74, 6) is 0. The largest absolute Gasteiger partial charge is 0.383 e. The number of hydrogen-bond donors (Lipinski definition) is 1. The van der Waals surface area contributed by atoms with Gasteiger partial charge >= 0.3 is 0 Å². The van der Waals surface area contributed by atoms with Crippen molar-refractivity contribution >= 4 is 10.9 Å². The van der Waals surface area contributed by atoms with Crippen LogP contribution in [0.25, 0.3) is 10.9 Å². The van der Waals surface area contributed by atoms with Gasteiger partial charge in [-0.25, -0.2) is 0 Å². The summed E-state index contributed by atoms with van der Waals surface area (Å²) in [5, 5.41) is 4.24. The van der Waals surface area contributed by atoms with E-state index < -0.39 is 0 Å². The molecular formula is C16H22N2O2. The lowest BCUT2D eigenvalue weighted by atomic mass is 10.2. The minimum absolute atomic E-state index is 0.0710. The number of nitrogens with one attached hydrogen (secondary N) is 1. The summed E-state index contributed by atoms with van der Waals surface area (Å²) in [7, 11) is 1.71. The number of rotatable bonds is 7. The molecule has 0 radical (unpaired) electrons. The molecule has 1 N–H and O–H groups in total. The quantitative estimate of drug-likeness (QED) is 0.840. The van der Waals surface area contributed by atoms with Crippen LogP contribution in [0.3, 0.4) is 0 Å². The highest BCUT2D eigenvalue weighted by Crippen LogP contribution is 2.10. The predicted octanol–water partition coefficient (Wildman–Crippen LogP) is 2.02. The number of para-hydroxylation sites is 1. The molecule has 2 rings (SSSR count). The Hall–Kier alpha value is -1.65. The first-order valence-electron chi connectivity index (χ1n) is 7.06. The van der Waals surface area contributed by atoms with Crippen LogP contribution in [0.2, 0.25) is 0 Å². The van der Waals surface area contributed by atoms with E-state index >= 15 is 0 Å². The maximum Gasteiger partial charge on any atom is 0.189 e. The molecule has 1 heterocycles. The zero-order chi connectivity index (χ0) is 14.4. The SMILES string of the molecule is CCCNC(COC)Cn1ccc(=O)c2ccccc21. The van der Waals surface area contributed by atoms with Crippen molar-refractivity contribution in [2.45, 2.75) is 25.9 Å². The van der Waals surface area contributed by atoms with Crippen molar-refractivity contribution in [2.75, 3.05) is 20.3 Å². The second kappa shape index (κ2) is 7.22. The molecular weight excluding hydrogens is 252 g/mol. The molecule has 108 valence electrons. The molecule has 0 aliphatic heterocycles. The van der Waals surface area contributed by atoms with E-state index in [0.717, 1.165) is 30.4 Å². The lowest BCUT2D eigenvalue weighted by Gasteiger charge is -2.20. The van der Waals surface area contributed by atoms with Gasteiger partial charge in [-0.2, -0.15) is 0 Å². The third-order valence-electron chi connectivity index (χ3n) is 3.35. The molecule has 1 atom stereocenters. The van der Waals surface area contributed by atoms with Crippen molar-refractivity contribution in [2.24, 2.45) is 0 Å². The first kappa shape index (κ1) is 14.8. The topological polar surface area (TPSA) is 43.3 Å². The first-order valence-corrected chi connectivity index (χ1v) is 7.06. The van der Waals surface area contributed by atoms with Crippen molar-refractivity contribution in [1.29, 1.82) is 0 Å². The molecule has 1 aromatic heterocycles. The number of fused-ring (bicyclic) bond motifs is 1. The Kier molecular flexibility index (Phi) is 5.32. The first-order chi connectivity index (χ1) is 9.76. The predicted molar refractivity (Wildman–Crippen MR) is 82.2 cm³/mol. The standard InChI is InChI=1S/C16H22N2O2/c1-3-9-17-13(12-20-2)11-18-10-8-16(19)14-6-4-5-7-15(14)18/h4-8,10,13,17H,3,9,11-12H2,1-2H3. The van der Waals surface area contributed by atoms with Gasteiger partial charge in [0.1, 0.15) is 0 Å². The van der Waals surface area contributed by atoms with Crippen LogP contribution in [-0.2, 0) is 11.3 Å². The van der Waals surface area contributed by atoms with Gasteiger partial charge in [0.2, 0.25) is 0 Å². The maximum absolute atomic E-state index is 11.9. The number of ether oxygens (including phenoxy) is 1. The summed E-state index contributed by atoms with van der Waals surface area (Å²) >= 11 is 0. The lowest BCUT2D eigenvalue weighted by molar-refractivity contribution is 0.159. The summed E-state index contributed by atoms with van der Waals surface area (Å²) < 4.78 is 7.39. The van der Waals surface area contributed by atoms with Crippen molar-refractivity contribution in [3.63, 3.8) is 0 Å². The Morgan fingerprint density at radius 2 is 2.10 bits per heavy atom. The van der Waals surface area contributed by atoms with E-state index in [2.05, 4.69) is 16.8 Å². The molecule has 1 aromatic carbocycles. The number of benzene rings is 1. The summed E-state index contributed by atoms with van der Waals surface area (Å²) in [6.45, 7) is 4.55. The minimum Gasteiger partial charge on any atom is -0.383 e. The monoisotopic (exact) mass is 274 g/mol. The number of pyridine rings is 1. The van der Waals surface area contributed by atoms with Gasteiger partial charge < -0.3 is 14.6 Å². The van der Waals surface area contributed by atoms with E-state index in [4.69, 9.17) is 4.74 Å². The lowest BCUT2D eigenvalue weighted by Crippen LogP contribution is -2.37. The summed E-state index contributed by atoms with van der Waals surface area (Å²) in [6, 6.07) is 9.59. The minimum atomic E-state index is 0.0710. The van der Waals surface area contributed by atoms with Crippen LogP contribution in [-0.4, -0.2) is 30.9 Å². The van der Waals surface area contributed by atoms with Gasteiger partial charge in [-0.05, 0) is 25.1 Å². The molecule has 1 unspecified atom stereocenters.